The van der Waals surface area contributed by atoms with E-state index in [0.29, 0.717) is 46.1 Å². The van der Waals surface area contributed by atoms with Gasteiger partial charge in [0.1, 0.15) is 5.60 Å². The molecule has 7 nitrogen and oxygen atoms in total. The molecular formula is C21H41N3O4. The molecule has 0 aromatic carbocycles. The lowest BCUT2D eigenvalue weighted by Gasteiger charge is -2.38. The third kappa shape index (κ3) is 11.5. The van der Waals surface area contributed by atoms with Gasteiger partial charge in [-0.2, -0.15) is 0 Å². The van der Waals surface area contributed by atoms with Gasteiger partial charge < -0.3 is 30.6 Å². The minimum Gasteiger partial charge on any atom is -0.444 e. The summed E-state index contributed by atoms with van der Waals surface area (Å²) in [6, 6.07) is 0. The average Bonchev–Trinajstić information content (AvgIpc) is 2.62. The van der Waals surface area contributed by atoms with Crippen molar-refractivity contribution in [2.45, 2.75) is 64.9 Å². The van der Waals surface area contributed by atoms with Crippen molar-refractivity contribution in [2.24, 2.45) is 11.1 Å². The first-order valence-corrected chi connectivity index (χ1v) is 10.5. The number of nitrogens with two attached hydrogens (primary N) is 1. The zero-order valence-corrected chi connectivity index (χ0v) is 18.1. The molecule has 1 fully saturated rings. The minimum absolute atomic E-state index is 0.0517. The second-order valence-electron chi connectivity index (χ2n) is 8.64. The molecule has 4 N–H and O–H groups in total. The largest absolute Gasteiger partial charge is 0.444 e. The molecule has 0 aromatic rings. The van der Waals surface area contributed by atoms with Crippen LogP contribution < -0.4 is 16.4 Å². The molecule has 28 heavy (non-hydrogen) atoms. The highest BCUT2D eigenvalue weighted by molar-refractivity contribution is 5.67. The average molecular weight is 400 g/mol. The second-order valence-corrected chi connectivity index (χ2v) is 8.64. The van der Waals surface area contributed by atoms with E-state index in [1.807, 2.05) is 20.8 Å². The maximum atomic E-state index is 12.1. The third-order valence-electron chi connectivity index (χ3n) is 4.76. The van der Waals surface area contributed by atoms with Crippen molar-refractivity contribution in [3.05, 3.63) is 12.3 Å². The van der Waals surface area contributed by atoms with Gasteiger partial charge in [0.05, 0.1) is 26.4 Å². The maximum absolute atomic E-state index is 12.1. The van der Waals surface area contributed by atoms with Crippen LogP contribution in [0.15, 0.2) is 12.3 Å². The van der Waals surface area contributed by atoms with E-state index in [9.17, 15) is 4.79 Å². The van der Waals surface area contributed by atoms with Crippen LogP contribution in [-0.2, 0) is 14.2 Å². The molecule has 164 valence electrons. The number of rotatable bonds is 13. The van der Waals surface area contributed by atoms with Crippen molar-refractivity contribution in [1.29, 1.82) is 0 Å². The van der Waals surface area contributed by atoms with Gasteiger partial charge in [-0.3, -0.25) is 0 Å². The van der Waals surface area contributed by atoms with Crippen LogP contribution in [0.1, 0.15) is 59.3 Å². The molecule has 1 saturated carbocycles. The van der Waals surface area contributed by atoms with E-state index in [1.165, 1.54) is 19.3 Å². The lowest BCUT2D eigenvalue weighted by molar-refractivity contribution is 0.0478. The fourth-order valence-corrected chi connectivity index (χ4v) is 3.51. The fraction of sp³-hybridized carbons (Fsp3) is 0.857. The summed E-state index contributed by atoms with van der Waals surface area (Å²) in [7, 11) is 0. The summed E-state index contributed by atoms with van der Waals surface area (Å²) in [6.45, 7) is 14.0. The number of ether oxygens (including phenoxy) is 3. The first kappa shape index (κ1) is 24.7. The summed E-state index contributed by atoms with van der Waals surface area (Å²) in [6.07, 6.45) is 6.33. The Kier molecular flexibility index (Phi) is 11.5. The van der Waals surface area contributed by atoms with Gasteiger partial charge in [0, 0.05) is 25.3 Å². The van der Waals surface area contributed by atoms with Crippen LogP contribution in [0.4, 0.5) is 4.79 Å². The first-order valence-electron chi connectivity index (χ1n) is 10.5. The molecule has 7 heteroatoms. The van der Waals surface area contributed by atoms with Gasteiger partial charge in [-0.25, -0.2) is 4.79 Å². The van der Waals surface area contributed by atoms with Gasteiger partial charge in [-0.15, -0.1) is 0 Å². The van der Waals surface area contributed by atoms with Crippen molar-refractivity contribution in [3.8, 4) is 0 Å². The number of hydrogen-bond donors (Lipinski definition) is 3. The lowest BCUT2D eigenvalue weighted by Crippen LogP contribution is -2.42. The number of amides is 1. The summed E-state index contributed by atoms with van der Waals surface area (Å²) >= 11 is 0. The smallest absolute Gasteiger partial charge is 0.407 e. The van der Waals surface area contributed by atoms with E-state index in [4.69, 9.17) is 19.9 Å². The third-order valence-corrected chi connectivity index (χ3v) is 4.76. The van der Waals surface area contributed by atoms with Crippen molar-refractivity contribution >= 4 is 6.09 Å². The van der Waals surface area contributed by atoms with Crippen LogP contribution in [0.2, 0.25) is 0 Å². The molecule has 0 spiro atoms. The summed E-state index contributed by atoms with van der Waals surface area (Å²) < 4.78 is 16.2. The summed E-state index contributed by atoms with van der Waals surface area (Å²) in [5.74, 6) is 0. The quantitative estimate of drug-likeness (QED) is 0.412. The molecule has 1 rings (SSSR count). The van der Waals surface area contributed by atoms with Crippen LogP contribution in [-0.4, -0.2) is 57.8 Å². The molecule has 0 heterocycles. The van der Waals surface area contributed by atoms with Crippen LogP contribution in [0.5, 0.6) is 0 Å². The van der Waals surface area contributed by atoms with E-state index >= 15 is 0 Å². The summed E-state index contributed by atoms with van der Waals surface area (Å²) in [5, 5.41) is 6.34. The van der Waals surface area contributed by atoms with Gasteiger partial charge in [0.25, 0.3) is 0 Å². The Hall–Kier alpha value is -1.31. The molecule has 0 radical (unpaired) electrons. The Bertz CT molecular complexity index is 457. The molecule has 0 aliphatic heterocycles. The SMILES string of the molecule is C=C(CC1(CNC(=O)OC(C)(C)C)CCCCC1)NCCOCCOCCN. The van der Waals surface area contributed by atoms with Crippen molar-refractivity contribution < 1.29 is 19.0 Å². The van der Waals surface area contributed by atoms with Crippen LogP contribution >= 0.6 is 0 Å². The topological polar surface area (TPSA) is 94.8 Å². The normalized spacial score (nSPS) is 16.4. The summed E-state index contributed by atoms with van der Waals surface area (Å²) in [5.41, 5.74) is 5.93. The lowest BCUT2D eigenvalue weighted by atomic mass is 9.71. The first-order chi connectivity index (χ1) is 13.3. The standard InChI is InChI=1S/C21H41N3O4/c1-18(23-11-13-27-15-14-26-12-10-22)16-21(8-6-5-7-9-21)17-24-19(25)28-20(2,3)4/h23H,1,5-17,22H2,2-4H3,(H,24,25). The number of carbonyl (C=O) groups excluding carboxylic acids is 1. The molecule has 0 atom stereocenters. The van der Waals surface area contributed by atoms with Crippen molar-refractivity contribution in [1.82, 2.24) is 10.6 Å². The van der Waals surface area contributed by atoms with Crippen molar-refractivity contribution in [3.63, 3.8) is 0 Å². The fourth-order valence-electron chi connectivity index (χ4n) is 3.51. The number of hydrogen-bond acceptors (Lipinski definition) is 6. The zero-order valence-electron chi connectivity index (χ0n) is 18.1. The van der Waals surface area contributed by atoms with E-state index in [-0.39, 0.29) is 11.5 Å². The van der Waals surface area contributed by atoms with Crippen LogP contribution in [0.25, 0.3) is 0 Å². The number of nitrogens with one attached hydrogen (secondary N) is 2. The highest BCUT2D eigenvalue weighted by Gasteiger charge is 2.33. The molecule has 0 saturated heterocycles. The van der Waals surface area contributed by atoms with E-state index < -0.39 is 5.60 Å². The molecule has 0 aromatic heterocycles. The van der Waals surface area contributed by atoms with Gasteiger partial charge in [0.15, 0.2) is 0 Å². The number of carbonyl (C=O) groups is 1. The Labute approximate surface area is 170 Å². The molecule has 0 bridgehead atoms. The number of allylic oxidation sites excluding steroid dienone is 1. The molecule has 1 aliphatic carbocycles. The van der Waals surface area contributed by atoms with Crippen molar-refractivity contribution in [2.75, 3.05) is 46.1 Å². The Balaban J connectivity index is 2.33. The Morgan fingerprint density at radius 3 is 2.29 bits per heavy atom. The Morgan fingerprint density at radius 1 is 1.04 bits per heavy atom. The number of alkyl carbamates (subject to hydrolysis) is 1. The molecule has 1 aliphatic rings. The van der Waals surface area contributed by atoms with Crippen LogP contribution in [0.3, 0.4) is 0 Å². The molecule has 0 unspecified atom stereocenters. The molecular weight excluding hydrogens is 358 g/mol. The van der Waals surface area contributed by atoms with Gasteiger partial charge in [-0.1, -0.05) is 25.8 Å². The predicted molar refractivity (Wildman–Crippen MR) is 112 cm³/mol. The predicted octanol–water partition coefficient (Wildman–Crippen LogP) is 2.95. The second kappa shape index (κ2) is 13.0. The highest BCUT2D eigenvalue weighted by atomic mass is 16.6. The van der Waals surface area contributed by atoms with Gasteiger partial charge >= 0.3 is 6.09 Å². The minimum atomic E-state index is -0.482. The van der Waals surface area contributed by atoms with Gasteiger partial charge in [-0.05, 0) is 45.4 Å². The van der Waals surface area contributed by atoms with Gasteiger partial charge in [0.2, 0.25) is 0 Å². The summed E-state index contributed by atoms with van der Waals surface area (Å²) in [4.78, 5) is 12.1. The van der Waals surface area contributed by atoms with E-state index in [1.54, 1.807) is 0 Å². The maximum Gasteiger partial charge on any atom is 0.407 e. The van der Waals surface area contributed by atoms with E-state index in [0.717, 1.165) is 25.0 Å². The monoisotopic (exact) mass is 399 g/mol. The molecule has 1 amide bonds. The Morgan fingerprint density at radius 2 is 1.68 bits per heavy atom. The van der Waals surface area contributed by atoms with Crippen LogP contribution in [0, 0.1) is 5.41 Å². The zero-order chi connectivity index (χ0) is 20.9. The van der Waals surface area contributed by atoms with E-state index in [2.05, 4.69) is 17.2 Å². The highest BCUT2D eigenvalue weighted by Crippen LogP contribution is 2.40.